The minimum Gasteiger partial charge on any atom is -0.464 e. The Balaban J connectivity index is 2.21. The highest BCUT2D eigenvalue weighted by molar-refractivity contribution is 7.11. The second kappa shape index (κ2) is 5.10. The molecule has 3 nitrogen and oxygen atoms in total. The lowest BCUT2D eigenvalue weighted by molar-refractivity contribution is 0.0594. The third-order valence-corrected chi connectivity index (χ3v) is 3.39. The molecular weight excluding hydrogens is 234 g/mol. The molecule has 2 rings (SSSR count). The summed E-state index contributed by atoms with van der Waals surface area (Å²) in [7, 11) is 1.37. The Morgan fingerprint density at radius 3 is 2.71 bits per heavy atom. The van der Waals surface area contributed by atoms with E-state index in [0.29, 0.717) is 5.69 Å². The Hall–Kier alpha value is -1.68. The first-order valence-corrected chi connectivity index (χ1v) is 6.11. The number of nitrogens with zero attached hydrogens (tertiary/aromatic N) is 1. The number of carbonyl (C=O) groups is 1. The number of esters is 1. The predicted molar refractivity (Wildman–Crippen MR) is 67.4 cm³/mol. The zero-order valence-electron chi connectivity index (χ0n) is 9.77. The first kappa shape index (κ1) is 11.8. The van der Waals surface area contributed by atoms with Gasteiger partial charge in [0, 0.05) is 11.3 Å². The summed E-state index contributed by atoms with van der Waals surface area (Å²) in [5, 5.41) is 0.939. The molecule has 0 bridgehead atoms. The minimum atomic E-state index is -0.363. The van der Waals surface area contributed by atoms with Gasteiger partial charge < -0.3 is 4.74 Å². The molecule has 88 valence electrons. The van der Waals surface area contributed by atoms with Gasteiger partial charge in [-0.05, 0) is 12.5 Å². The number of aromatic nitrogens is 1. The zero-order chi connectivity index (χ0) is 12.3. The van der Waals surface area contributed by atoms with Gasteiger partial charge in [0.2, 0.25) is 0 Å². The Kier molecular flexibility index (Phi) is 3.54. The van der Waals surface area contributed by atoms with Crippen LogP contribution in [0, 0.1) is 6.92 Å². The number of hydrogen-bond donors (Lipinski definition) is 0. The number of rotatable bonds is 3. The summed E-state index contributed by atoms with van der Waals surface area (Å²) in [5.74, 6) is -0.363. The third-order valence-electron chi connectivity index (χ3n) is 2.42. The van der Waals surface area contributed by atoms with Crippen molar-refractivity contribution in [2.45, 2.75) is 13.3 Å². The van der Waals surface area contributed by atoms with Crippen LogP contribution in [0.1, 0.15) is 25.9 Å². The number of benzene rings is 1. The van der Waals surface area contributed by atoms with Gasteiger partial charge in [-0.2, -0.15) is 0 Å². The zero-order valence-corrected chi connectivity index (χ0v) is 10.6. The molecule has 0 aliphatic carbocycles. The number of thiazole rings is 1. The van der Waals surface area contributed by atoms with Gasteiger partial charge in [-0.15, -0.1) is 11.3 Å². The highest BCUT2D eigenvalue weighted by Crippen LogP contribution is 2.20. The van der Waals surface area contributed by atoms with Gasteiger partial charge in [-0.25, -0.2) is 9.78 Å². The Morgan fingerprint density at radius 1 is 1.35 bits per heavy atom. The van der Waals surface area contributed by atoms with E-state index in [1.54, 1.807) is 11.3 Å². The standard InChI is InChI=1S/C13H13NO2S/c1-9-12(13(15)16-2)14-11(17-9)8-10-6-4-3-5-7-10/h3-7H,8H2,1-2H3. The molecule has 0 saturated heterocycles. The van der Waals surface area contributed by atoms with Crippen LogP contribution < -0.4 is 0 Å². The SMILES string of the molecule is COC(=O)c1nc(Cc2ccccc2)sc1C. The summed E-state index contributed by atoms with van der Waals surface area (Å²) in [6.45, 7) is 1.89. The fraction of sp³-hybridized carbons (Fsp3) is 0.231. The minimum absolute atomic E-state index is 0.363. The van der Waals surface area contributed by atoms with Crippen molar-refractivity contribution in [2.24, 2.45) is 0 Å². The second-order valence-electron chi connectivity index (χ2n) is 3.67. The van der Waals surface area contributed by atoms with Gasteiger partial charge in [0.1, 0.15) is 0 Å². The molecule has 0 atom stereocenters. The predicted octanol–water partition coefficient (Wildman–Crippen LogP) is 2.83. The number of ether oxygens (including phenoxy) is 1. The molecule has 1 aromatic carbocycles. The molecule has 2 aromatic rings. The highest BCUT2D eigenvalue weighted by atomic mass is 32.1. The lowest BCUT2D eigenvalue weighted by Gasteiger charge is -1.96. The van der Waals surface area contributed by atoms with Crippen LogP contribution in [0.3, 0.4) is 0 Å². The van der Waals surface area contributed by atoms with E-state index in [1.807, 2.05) is 25.1 Å². The summed E-state index contributed by atoms with van der Waals surface area (Å²) < 4.78 is 4.69. The normalized spacial score (nSPS) is 10.2. The van der Waals surface area contributed by atoms with Gasteiger partial charge in [-0.1, -0.05) is 30.3 Å². The fourth-order valence-corrected chi connectivity index (χ4v) is 2.54. The van der Waals surface area contributed by atoms with Gasteiger partial charge in [-0.3, -0.25) is 0 Å². The summed E-state index contributed by atoms with van der Waals surface area (Å²) in [6, 6.07) is 10.1. The number of carbonyl (C=O) groups excluding carboxylic acids is 1. The largest absolute Gasteiger partial charge is 0.464 e. The number of methoxy groups -OCH3 is 1. The maximum absolute atomic E-state index is 11.4. The molecule has 0 N–H and O–H groups in total. The van der Waals surface area contributed by atoms with Crippen LogP contribution in [0.25, 0.3) is 0 Å². The topological polar surface area (TPSA) is 39.2 Å². The number of hydrogen-bond acceptors (Lipinski definition) is 4. The summed E-state index contributed by atoms with van der Waals surface area (Å²) in [6.07, 6.45) is 0.753. The smallest absolute Gasteiger partial charge is 0.357 e. The van der Waals surface area contributed by atoms with Crippen LogP contribution in [0.4, 0.5) is 0 Å². The Labute approximate surface area is 104 Å². The van der Waals surface area contributed by atoms with E-state index in [1.165, 1.54) is 12.7 Å². The van der Waals surface area contributed by atoms with Crippen molar-refractivity contribution in [3.8, 4) is 0 Å². The quantitative estimate of drug-likeness (QED) is 0.783. The van der Waals surface area contributed by atoms with Crippen LogP contribution >= 0.6 is 11.3 Å². The average molecular weight is 247 g/mol. The molecule has 0 amide bonds. The first-order valence-electron chi connectivity index (χ1n) is 5.29. The molecule has 0 fully saturated rings. The van der Waals surface area contributed by atoms with E-state index < -0.39 is 0 Å². The van der Waals surface area contributed by atoms with E-state index in [2.05, 4.69) is 21.9 Å². The van der Waals surface area contributed by atoms with E-state index in [-0.39, 0.29) is 5.97 Å². The van der Waals surface area contributed by atoms with Crippen LogP contribution in [-0.2, 0) is 11.2 Å². The van der Waals surface area contributed by atoms with Gasteiger partial charge in [0.15, 0.2) is 5.69 Å². The van der Waals surface area contributed by atoms with Crippen molar-refractivity contribution in [3.05, 3.63) is 51.5 Å². The van der Waals surface area contributed by atoms with Crippen molar-refractivity contribution < 1.29 is 9.53 Å². The van der Waals surface area contributed by atoms with E-state index in [4.69, 9.17) is 0 Å². The van der Waals surface area contributed by atoms with Gasteiger partial charge >= 0.3 is 5.97 Å². The molecule has 0 radical (unpaired) electrons. The van der Waals surface area contributed by atoms with Gasteiger partial charge in [0.25, 0.3) is 0 Å². The molecule has 0 aliphatic heterocycles. The molecule has 1 heterocycles. The van der Waals surface area contributed by atoms with Crippen molar-refractivity contribution in [3.63, 3.8) is 0 Å². The van der Waals surface area contributed by atoms with Crippen LogP contribution in [-0.4, -0.2) is 18.1 Å². The maximum atomic E-state index is 11.4. The average Bonchev–Trinajstić information content (AvgIpc) is 2.70. The van der Waals surface area contributed by atoms with Crippen LogP contribution in [0.2, 0.25) is 0 Å². The fourth-order valence-electron chi connectivity index (χ4n) is 1.58. The van der Waals surface area contributed by atoms with Crippen molar-refractivity contribution in [1.29, 1.82) is 0 Å². The molecule has 0 unspecified atom stereocenters. The highest BCUT2D eigenvalue weighted by Gasteiger charge is 2.15. The summed E-state index contributed by atoms with van der Waals surface area (Å²) in [4.78, 5) is 16.6. The molecule has 1 aromatic heterocycles. The third kappa shape index (κ3) is 2.71. The summed E-state index contributed by atoms with van der Waals surface area (Å²) in [5.41, 5.74) is 1.63. The summed E-state index contributed by atoms with van der Waals surface area (Å²) >= 11 is 1.54. The monoisotopic (exact) mass is 247 g/mol. The molecule has 0 spiro atoms. The van der Waals surface area contributed by atoms with Crippen LogP contribution in [0.15, 0.2) is 30.3 Å². The lowest BCUT2D eigenvalue weighted by atomic mass is 10.2. The van der Waals surface area contributed by atoms with Crippen LogP contribution in [0.5, 0.6) is 0 Å². The van der Waals surface area contributed by atoms with E-state index in [0.717, 1.165) is 16.3 Å². The second-order valence-corrected chi connectivity index (χ2v) is 4.95. The van der Waals surface area contributed by atoms with E-state index >= 15 is 0 Å². The lowest BCUT2D eigenvalue weighted by Crippen LogP contribution is -2.03. The van der Waals surface area contributed by atoms with Crippen molar-refractivity contribution in [2.75, 3.05) is 7.11 Å². The maximum Gasteiger partial charge on any atom is 0.357 e. The molecule has 0 saturated carbocycles. The Bertz CT molecular complexity index is 519. The first-order chi connectivity index (χ1) is 8.20. The van der Waals surface area contributed by atoms with Gasteiger partial charge in [0.05, 0.1) is 12.1 Å². The number of aryl methyl sites for hydroxylation is 1. The molecule has 0 aliphatic rings. The molecule has 4 heteroatoms. The van der Waals surface area contributed by atoms with E-state index in [9.17, 15) is 4.79 Å². The Morgan fingerprint density at radius 2 is 2.06 bits per heavy atom. The molecule has 17 heavy (non-hydrogen) atoms. The molecular formula is C13H13NO2S. The van der Waals surface area contributed by atoms with Crippen molar-refractivity contribution in [1.82, 2.24) is 4.98 Å². The van der Waals surface area contributed by atoms with Crippen molar-refractivity contribution >= 4 is 17.3 Å².